The monoisotopic (exact) mass is 485 g/mol. The van der Waals surface area contributed by atoms with Crippen LogP contribution in [-0.4, -0.2) is 58.1 Å². The molecule has 1 unspecified atom stereocenters. The Morgan fingerprint density at radius 1 is 1.15 bits per heavy atom. The number of aromatic amines is 1. The summed E-state index contributed by atoms with van der Waals surface area (Å²) in [6.45, 7) is 2.89. The topological polar surface area (TPSA) is 124 Å². The lowest BCUT2D eigenvalue weighted by Crippen LogP contribution is -2.27. The number of carbonyl (C=O) groups is 1. The van der Waals surface area contributed by atoms with Gasteiger partial charge >= 0.3 is 12.1 Å². The number of pyridine rings is 1. The van der Waals surface area contributed by atoms with Gasteiger partial charge in [-0.05, 0) is 55.2 Å². The van der Waals surface area contributed by atoms with Gasteiger partial charge in [0.05, 0.1) is 11.0 Å². The van der Waals surface area contributed by atoms with E-state index in [0.717, 1.165) is 29.4 Å². The average Bonchev–Trinajstić information content (AvgIpc) is 3.44. The van der Waals surface area contributed by atoms with Crippen molar-refractivity contribution in [1.82, 2.24) is 14.3 Å². The van der Waals surface area contributed by atoms with E-state index in [1.807, 2.05) is 24.3 Å². The van der Waals surface area contributed by atoms with Crippen LogP contribution in [0.1, 0.15) is 31.6 Å². The number of halogens is 3. The number of hydrogen-bond acceptors (Lipinski definition) is 5. The van der Waals surface area contributed by atoms with Gasteiger partial charge in [0.15, 0.2) is 0 Å². The second-order valence-corrected chi connectivity index (χ2v) is 9.40. The number of rotatable bonds is 4. The molecular weight excluding hydrogens is 463 g/mol. The van der Waals surface area contributed by atoms with Crippen molar-refractivity contribution in [2.45, 2.75) is 36.9 Å². The molecule has 1 aromatic carbocycles. The molecule has 12 heteroatoms. The average molecular weight is 485 g/mol. The number of aliphatic hydroxyl groups is 1. The van der Waals surface area contributed by atoms with E-state index >= 15 is 0 Å². The van der Waals surface area contributed by atoms with E-state index in [1.165, 1.54) is 0 Å². The zero-order valence-electron chi connectivity index (χ0n) is 17.5. The first-order valence-electron chi connectivity index (χ1n) is 9.97. The van der Waals surface area contributed by atoms with Crippen LogP contribution in [0.3, 0.4) is 0 Å². The van der Waals surface area contributed by atoms with E-state index in [1.54, 1.807) is 29.6 Å². The van der Waals surface area contributed by atoms with Crippen LogP contribution >= 0.6 is 0 Å². The molecule has 1 atom stereocenters. The predicted octanol–water partition coefficient (Wildman–Crippen LogP) is 3.70. The number of hydrogen-bond donors (Lipinski definition) is 3. The number of nitrogens with one attached hydrogen (secondary N) is 1. The van der Waals surface area contributed by atoms with Crippen LogP contribution in [0.25, 0.3) is 22.2 Å². The van der Waals surface area contributed by atoms with Crippen molar-refractivity contribution in [2.24, 2.45) is 0 Å². The van der Waals surface area contributed by atoms with Crippen molar-refractivity contribution < 1.29 is 36.6 Å². The van der Waals surface area contributed by atoms with Gasteiger partial charge in [-0.3, -0.25) is 0 Å². The molecule has 0 aliphatic carbocycles. The quantitative estimate of drug-likeness (QED) is 0.518. The first kappa shape index (κ1) is 24.7. The second-order valence-electron chi connectivity index (χ2n) is 7.46. The van der Waals surface area contributed by atoms with Crippen LogP contribution in [0.4, 0.5) is 13.2 Å². The summed E-state index contributed by atoms with van der Waals surface area (Å²) in [5, 5.41) is 17.8. The molecule has 3 aromatic rings. The molecule has 0 radical (unpaired) electrons. The van der Waals surface area contributed by atoms with Gasteiger partial charge in [0.1, 0.15) is 5.65 Å². The maximum atomic E-state index is 12.7. The molecule has 0 bridgehead atoms. The summed E-state index contributed by atoms with van der Waals surface area (Å²) in [7, 11) is -3.41. The Kier molecular flexibility index (Phi) is 7.10. The lowest BCUT2D eigenvalue weighted by Gasteiger charge is -2.15. The highest BCUT2D eigenvalue weighted by Crippen LogP contribution is 2.31. The molecule has 0 spiro atoms. The molecule has 4 rings (SSSR count). The number of carboxylic acid groups (broad SMARTS) is 1. The van der Waals surface area contributed by atoms with Gasteiger partial charge in [0.25, 0.3) is 0 Å². The van der Waals surface area contributed by atoms with Crippen LogP contribution < -0.4 is 0 Å². The molecule has 178 valence electrons. The number of fused-ring (bicyclic) bond motifs is 1. The Balaban J connectivity index is 0.000000383. The van der Waals surface area contributed by atoms with Crippen LogP contribution in [0.5, 0.6) is 0 Å². The standard InChI is InChI=1S/C19H21N3O3S.C2HF3O2/c1-13(23)18-12-17-16(8-9-20-19(17)21-18)14-4-6-15(7-5-14)26(24,25)22-10-2-3-11-22;3-2(4,5)1(6)7/h4-9,12-13,23H,2-3,10-11H2,1H3,(H,20,21);(H,6,7). The molecule has 33 heavy (non-hydrogen) atoms. The SMILES string of the molecule is CC(O)c1cc2c(-c3ccc(S(=O)(=O)N4CCCC4)cc3)ccnc2[nH]1.O=C(O)C(F)(F)F. The smallest absolute Gasteiger partial charge is 0.475 e. The zero-order valence-corrected chi connectivity index (χ0v) is 18.3. The minimum absolute atomic E-state index is 0.326. The minimum atomic E-state index is -5.08. The molecule has 0 amide bonds. The van der Waals surface area contributed by atoms with E-state index in [2.05, 4.69) is 9.97 Å². The van der Waals surface area contributed by atoms with Crippen LogP contribution in [0.15, 0.2) is 47.5 Å². The van der Waals surface area contributed by atoms with Gasteiger partial charge in [0, 0.05) is 30.4 Å². The number of alkyl halides is 3. The maximum absolute atomic E-state index is 12.7. The molecule has 2 aromatic heterocycles. The Bertz CT molecular complexity index is 1230. The fourth-order valence-electron chi connectivity index (χ4n) is 3.41. The van der Waals surface area contributed by atoms with Crippen LogP contribution in [0, 0.1) is 0 Å². The Morgan fingerprint density at radius 2 is 1.73 bits per heavy atom. The summed E-state index contributed by atoms with van der Waals surface area (Å²) in [6, 6.07) is 10.8. The highest BCUT2D eigenvalue weighted by molar-refractivity contribution is 7.89. The van der Waals surface area contributed by atoms with Gasteiger partial charge in [0.2, 0.25) is 10.0 Å². The van der Waals surface area contributed by atoms with Crippen LogP contribution in [-0.2, 0) is 14.8 Å². The largest absolute Gasteiger partial charge is 0.490 e. The lowest BCUT2D eigenvalue weighted by atomic mass is 10.0. The van der Waals surface area contributed by atoms with E-state index in [4.69, 9.17) is 9.90 Å². The van der Waals surface area contributed by atoms with E-state index in [9.17, 15) is 26.7 Å². The molecular formula is C21H22F3N3O5S. The maximum Gasteiger partial charge on any atom is 0.490 e. The highest BCUT2D eigenvalue weighted by Gasteiger charge is 2.38. The van der Waals surface area contributed by atoms with Crippen molar-refractivity contribution in [3.8, 4) is 11.1 Å². The Hall–Kier alpha value is -2.96. The summed E-state index contributed by atoms with van der Waals surface area (Å²) in [4.78, 5) is 16.6. The van der Waals surface area contributed by atoms with Crippen molar-refractivity contribution in [2.75, 3.05) is 13.1 Å². The Morgan fingerprint density at radius 3 is 2.24 bits per heavy atom. The van der Waals surface area contributed by atoms with Gasteiger partial charge in [-0.25, -0.2) is 18.2 Å². The first-order valence-corrected chi connectivity index (χ1v) is 11.4. The molecule has 0 saturated carbocycles. The molecule has 8 nitrogen and oxygen atoms in total. The summed E-state index contributed by atoms with van der Waals surface area (Å²) in [5.41, 5.74) is 3.26. The number of benzene rings is 1. The summed E-state index contributed by atoms with van der Waals surface area (Å²) < 4.78 is 58.6. The Labute approximate surface area is 187 Å². The third kappa shape index (κ3) is 5.52. The lowest BCUT2D eigenvalue weighted by molar-refractivity contribution is -0.192. The molecule has 3 heterocycles. The molecule has 1 aliphatic heterocycles. The molecule has 1 fully saturated rings. The molecule has 1 aliphatic rings. The first-order chi connectivity index (χ1) is 15.4. The minimum Gasteiger partial charge on any atom is -0.475 e. The molecule has 3 N–H and O–H groups in total. The fraction of sp³-hybridized carbons (Fsp3) is 0.333. The van der Waals surface area contributed by atoms with Crippen molar-refractivity contribution >= 4 is 27.0 Å². The van der Waals surface area contributed by atoms with E-state index in [-0.39, 0.29) is 0 Å². The summed E-state index contributed by atoms with van der Waals surface area (Å²) in [5.74, 6) is -2.76. The summed E-state index contributed by atoms with van der Waals surface area (Å²) >= 11 is 0. The summed E-state index contributed by atoms with van der Waals surface area (Å²) in [6.07, 6.45) is -2.14. The fourth-order valence-corrected chi connectivity index (χ4v) is 4.93. The number of nitrogens with zero attached hydrogens (tertiary/aromatic N) is 2. The third-order valence-corrected chi connectivity index (χ3v) is 7.03. The van der Waals surface area contributed by atoms with E-state index < -0.39 is 28.3 Å². The van der Waals surface area contributed by atoms with Crippen molar-refractivity contribution in [1.29, 1.82) is 0 Å². The normalized spacial score (nSPS) is 15.8. The number of sulfonamides is 1. The van der Waals surface area contributed by atoms with Gasteiger partial charge in [-0.1, -0.05) is 12.1 Å². The third-order valence-electron chi connectivity index (χ3n) is 5.11. The van der Waals surface area contributed by atoms with Crippen LogP contribution in [0.2, 0.25) is 0 Å². The van der Waals surface area contributed by atoms with Gasteiger partial charge < -0.3 is 15.2 Å². The molecule has 1 saturated heterocycles. The van der Waals surface area contributed by atoms with E-state index in [0.29, 0.717) is 29.3 Å². The van der Waals surface area contributed by atoms with Crippen molar-refractivity contribution in [3.05, 3.63) is 48.3 Å². The predicted molar refractivity (Wildman–Crippen MR) is 114 cm³/mol. The number of H-pyrrole nitrogens is 1. The van der Waals surface area contributed by atoms with Gasteiger partial charge in [-0.2, -0.15) is 17.5 Å². The number of carboxylic acids is 1. The highest BCUT2D eigenvalue weighted by atomic mass is 32.2. The van der Waals surface area contributed by atoms with Crippen molar-refractivity contribution in [3.63, 3.8) is 0 Å². The van der Waals surface area contributed by atoms with Gasteiger partial charge in [-0.15, -0.1) is 0 Å². The number of aliphatic hydroxyl groups excluding tert-OH is 1. The number of aromatic nitrogens is 2. The zero-order chi connectivity index (χ0) is 24.4. The second kappa shape index (κ2) is 9.49. The number of aliphatic carboxylic acids is 1.